The topological polar surface area (TPSA) is 0 Å². The van der Waals surface area contributed by atoms with Gasteiger partial charge in [0.25, 0.3) is 0 Å². The zero-order valence-corrected chi connectivity index (χ0v) is 19.6. The first kappa shape index (κ1) is 22.7. The molecule has 0 aromatic heterocycles. The zero-order chi connectivity index (χ0) is 19.6. The summed E-state index contributed by atoms with van der Waals surface area (Å²) in [6, 6.07) is 0. The van der Waals surface area contributed by atoms with Crippen molar-refractivity contribution in [3.8, 4) is 0 Å². The molecule has 0 radical (unpaired) electrons. The highest BCUT2D eigenvalue weighted by atomic mass is 14.4. The summed E-state index contributed by atoms with van der Waals surface area (Å²) in [7, 11) is 0. The van der Waals surface area contributed by atoms with Crippen LogP contribution in [0.3, 0.4) is 0 Å². The Hall–Kier alpha value is 0. The standard InChI is InChI=1S/C28H52/c1-3-14-24-15-10-8-6-4-5-7-9-11-17-25(18-12-16-24)28-22-27-20-13-19-26(27)21-23(28)2/h23-28H,3-22H2,1-2H3. The van der Waals surface area contributed by atoms with Crippen LogP contribution in [0.1, 0.15) is 142 Å². The van der Waals surface area contributed by atoms with Crippen molar-refractivity contribution >= 4 is 0 Å². The summed E-state index contributed by atoms with van der Waals surface area (Å²) in [6.07, 6.45) is 30.6. The van der Waals surface area contributed by atoms with E-state index in [0.717, 1.165) is 35.5 Å². The second-order valence-electron chi connectivity index (χ2n) is 11.3. The largest absolute Gasteiger partial charge is 0.0654 e. The Balaban J connectivity index is 1.57. The van der Waals surface area contributed by atoms with Crippen molar-refractivity contribution in [3.05, 3.63) is 0 Å². The van der Waals surface area contributed by atoms with Gasteiger partial charge in [0.15, 0.2) is 0 Å². The first-order valence-corrected chi connectivity index (χ1v) is 13.8. The molecule has 3 aliphatic rings. The summed E-state index contributed by atoms with van der Waals surface area (Å²) in [5, 5.41) is 0. The highest BCUT2D eigenvalue weighted by Crippen LogP contribution is 2.50. The lowest BCUT2D eigenvalue weighted by Crippen LogP contribution is -2.32. The molecule has 6 atom stereocenters. The van der Waals surface area contributed by atoms with Crippen molar-refractivity contribution in [2.24, 2.45) is 35.5 Å². The molecule has 0 aromatic carbocycles. The van der Waals surface area contributed by atoms with Crippen LogP contribution in [-0.2, 0) is 0 Å². The van der Waals surface area contributed by atoms with Crippen LogP contribution in [0, 0.1) is 35.5 Å². The summed E-state index contributed by atoms with van der Waals surface area (Å²) < 4.78 is 0. The average Bonchev–Trinajstić information content (AvgIpc) is 3.13. The van der Waals surface area contributed by atoms with Gasteiger partial charge < -0.3 is 0 Å². The highest BCUT2D eigenvalue weighted by Gasteiger charge is 2.40. The summed E-state index contributed by atoms with van der Waals surface area (Å²) in [4.78, 5) is 0. The van der Waals surface area contributed by atoms with Crippen molar-refractivity contribution < 1.29 is 0 Å². The molecule has 6 unspecified atom stereocenters. The van der Waals surface area contributed by atoms with E-state index in [-0.39, 0.29) is 0 Å². The molecule has 0 aromatic rings. The van der Waals surface area contributed by atoms with E-state index in [1.54, 1.807) is 38.5 Å². The molecule has 3 aliphatic carbocycles. The van der Waals surface area contributed by atoms with E-state index in [1.165, 1.54) is 89.9 Å². The van der Waals surface area contributed by atoms with Crippen molar-refractivity contribution in [1.82, 2.24) is 0 Å². The fourth-order valence-electron chi connectivity index (χ4n) is 7.61. The van der Waals surface area contributed by atoms with Gasteiger partial charge in [0.05, 0.1) is 0 Å². The third-order valence-electron chi connectivity index (χ3n) is 9.22. The van der Waals surface area contributed by atoms with Gasteiger partial charge in [0.2, 0.25) is 0 Å². The molecule has 3 saturated carbocycles. The van der Waals surface area contributed by atoms with Gasteiger partial charge >= 0.3 is 0 Å². The molecular formula is C28H52. The first-order valence-electron chi connectivity index (χ1n) is 13.8. The zero-order valence-electron chi connectivity index (χ0n) is 19.6. The first-order chi connectivity index (χ1) is 13.8. The molecule has 0 heteroatoms. The van der Waals surface area contributed by atoms with Gasteiger partial charge in [-0.25, -0.2) is 0 Å². The number of hydrogen-bond acceptors (Lipinski definition) is 0. The minimum Gasteiger partial charge on any atom is -0.0654 e. The van der Waals surface area contributed by atoms with Crippen LogP contribution in [0.2, 0.25) is 0 Å². The van der Waals surface area contributed by atoms with Crippen LogP contribution in [0.5, 0.6) is 0 Å². The van der Waals surface area contributed by atoms with Crippen LogP contribution in [0.25, 0.3) is 0 Å². The van der Waals surface area contributed by atoms with Gasteiger partial charge in [0.1, 0.15) is 0 Å². The Morgan fingerprint density at radius 3 is 1.75 bits per heavy atom. The lowest BCUT2D eigenvalue weighted by atomic mass is 9.64. The highest BCUT2D eigenvalue weighted by molar-refractivity contribution is 4.90. The average molecular weight is 389 g/mol. The normalized spacial score (nSPS) is 39.6. The predicted octanol–water partition coefficient (Wildman–Crippen LogP) is 9.57. The Morgan fingerprint density at radius 1 is 0.536 bits per heavy atom. The molecular weight excluding hydrogens is 336 g/mol. The molecule has 0 spiro atoms. The van der Waals surface area contributed by atoms with Gasteiger partial charge in [-0.3, -0.25) is 0 Å². The fourth-order valence-corrected chi connectivity index (χ4v) is 7.61. The van der Waals surface area contributed by atoms with E-state index in [9.17, 15) is 0 Å². The molecule has 0 nitrogen and oxygen atoms in total. The molecule has 164 valence electrons. The van der Waals surface area contributed by atoms with Gasteiger partial charge in [-0.05, 0) is 48.3 Å². The van der Waals surface area contributed by atoms with Crippen molar-refractivity contribution in [2.75, 3.05) is 0 Å². The Kier molecular flexibility index (Phi) is 10.2. The quantitative estimate of drug-likeness (QED) is 0.451. The van der Waals surface area contributed by atoms with Crippen LogP contribution in [-0.4, -0.2) is 0 Å². The monoisotopic (exact) mass is 388 g/mol. The van der Waals surface area contributed by atoms with E-state index in [4.69, 9.17) is 0 Å². The van der Waals surface area contributed by atoms with E-state index >= 15 is 0 Å². The van der Waals surface area contributed by atoms with E-state index in [0.29, 0.717) is 0 Å². The Labute approximate surface area is 178 Å². The lowest BCUT2D eigenvalue weighted by Gasteiger charge is -2.41. The Bertz CT molecular complexity index is 399. The van der Waals surface area contributed by atoms with E-state index < -0.39 is 0 Å². The number of hydrogen-bond donors (Lipinski definition) is 0. The smallest absolute Gasteiger partial charge is 0.0357 e. The molecule has 0 saturated heterocycles. The molecule has 0 amide bonds. The van der Waals surface area contributed by atoms with Gasteiger partial charge in [-0.15, -0.1) is 0 Å². The van der Waals surface area contributed by atoms with Gasteiger partial charge in [-0.2, -0.15) is 0 Å². The molecule has 3 fully saturated rings. The van der Waals surface area contributed by atoms with E-state index in [2.05, 4.69) is 13.8 Å². The maximum absolute atomic E-state index is 2.63. The Morgan fingerprint density at radius 2 is 1.04 bits per heavy atom. The van der Waals surface area contributed by atoms with Gasteiger partial charge in [-0.1, -0.05) is 129 Å². The summed E-state index contributed by atoms with van der Waals surface area (Å²) in [6.45, 7) is 5.04. The van der Waals surface area contributed by atoms with Crippen LogP contribution >= 0.6 is 0 Å². The van der Waals surface area contributed by atoms with Crippen molar-refractivity contribution in [1.29, 1.82) is 0 Å². The van der Waals surface area contributed by atoms with E-state index in [1.807, 2.05) is 0 Å². The molecule has 0 aliphatic heterocycles. The second-order valence-corrected chi connectivity index (χ2v) is 11.3. The van der Waals surface area contributed by atoms with Crippen molar-refractivity contribution in [3.63, 3.8) is 0 Å². The number of rotatable bonds is 3. The molecule has 3 rings (SSSR count). The van der Waals surface area contributed by atoms with Gasteiger partial charge in [0, 0.05) is 0 Å². The summed E-state index contributed by atoms with van der Waals surface area (Å²) >= 11 is 0. The number of fused-ring (bicyclic) bond motifs is 1. The minimum atomic E-state index is 1.01. The predicted molar refractivity (Wildman–Crippen MR) is 125 cm³/mol. The van der Waals surface area contributed by atoms with Crippen LogP contribution < -0.4 is 0 Å². The molecule has 0 bridgehead atoms. The maximum atomic E-state index is 2.63. The van der Waals surface area contributed by atoms with Crippen molar-refractivity contribution in [2.45, 2.75) is 142 Å². The summed E-state index contributed by atoms with van der Waals surface area (Å²) in [5.41, 5.74) is 0. The van der Waals surface area contributed by atoms with Crippen LogP contribution in [0.4, 0.5) is 0 Å². The summed E-state index contributed by atoms with van der Waals surface area (Å²) in [5.74, 6) is 6.41. The SMILES string of the molecule is CCCC1CCCCCCCCCCC(C2CC3CCCC3CC2C)CCC1. The third-order valence-corrected chi connectivity index (χ3v) is 9.22. The van der Waals surface area contributed by atoms with Crippen LogP contribution in [0.15, 0.2) is 0 Å². The molecule has 0 N–H and O–H groups in total. The lowest BCUT2D eigenvalue weighted by molar-refractivity contribution is 0.0846. The molecule has 0 heterocycles. The molecule has 28 heavy (non-hydrogen) atoms. The second kappa shape index (κ2) is 12.6. The third kappa shape index (κ3) is 7.05. The maximum Gasteiger partial charge on any atom is -0.0357 e. The fraction of sp³-hybridized carbons (Fsp3) is 1.00. The minimum absolute atomic E-state index is 1.01.